The fraction of sp³-hybridized carbons (Fsp3) is 0.570. The van der Waals surface area contributed by atoms with Crippen molar-refractivity contribution in [3.8, 4) is 0 Å². The molecule has 3 unspecified atom stereocenters. The summed E-state index contributed by atoms with van der Waals surface area (Å²) in [6, 6.07) is 25.7. The highest BCUT2D eigenvalue weighted by Crippen LogP contribution is 2.33. The minimum atomic E-state index is 0.0584. The van der Waals surface area contributed by atoms with Gasteiger partial charge in [-0.3, -0.25) is 34.2 Å². The van der Waals surface area contributed by atoms with Gasteiger partial charge in [0.25, 0.3) is 6.01 Å². The van der Waals surface area contributed by atoms with Crippen LogP contribution in [0.2, 0.25) is 0 Å². The second-order valence-electron chi connectivity index (χ2n) is 30.9. The van der Waals surface area contributed by atoms with Crippen LogP contribution in [0.4, 0.5) is 17.1 Å². The molecule has 6 aromatic heterocycles. The Morgan fingerprint density at radius 1 is 0.495 bits per heavy atom. The lowest BCUT2D eigenvalue weighted by molar-refractivity contribution is 0.0926. The summed E-state index contributed by atoms with van der Waals surface area (Å²) in [6.45, 7) is 38.1. The Bertz CT molecular complexity index is 3570. The fourth-order valence-electron chi connectivity index (χ4n) is 14.4. The van der Waals surface area contributed by atoms with Crippen LogP contribution in [0.3, 0.4) is 0 Å². The van der Waals surface area contributed by atoms with Gasteiger partial charge in [0.05, 0.1) is 6.20 Å². The number of hydrogen-bond donors (Lipinski definition) is 4. The molecule has 0 aliphatic carbocycles. The van der Waals surface area contributed by atoms with Gasteiger partial charge in [-0.1, -0.05) is 125 Å². The minimum absolute atomic E-state index is 0.0584. The molecule has 9 aromatic rings. The summed E-state index contributed by atoms with van der Waals surface area (Å²) in [6.07, 6.45) is 22.1. The van der Waals surface area contributed by atoms with E-state index in [0.29, 0.717) is 65.6 Å². The molecule has 3 aliphatic rings. The number of aromatic nitrogens is 9. The zero-order valence-corrected chi connectivity index (χ0v) is 62.3. The number of fused-ring (bicyclic) bond motifs is 3. The van der Waals surface area contributed by atoms with Gasteiger partial charge in [-0.2, -0.15) is 4.98 Å². The van der Waals surface area contributed by atoms with Crippen molar-refractivity contribution in [1.29, 1.82) is 0 Å². The van der Waals surface area contributed by atoms with Crippen LogP contribution in [0.5, 0.6) is 0 Å². The number of unbranched alkanes of at least 4 members (excludes halogenated alkanes) is 3. The topological polar surface area (TPSA) is 211 Å². The molecule has 3 atom stereocenters. The molecule has 99 heavy (non-hydrogen) atoms. The lowest BCUT2D eigenvalue weighted by atomic mass is 9.89. The van der Waals surface area contributed by atoms with Gasteiger partial charge in [-0.25, -0.2) is 4.98 Å². The number of rotatable bonds is 27. The van der Waals surface area contributed by atoms with Gasteiger partial charge in [0, 0.05) is 166 Å². The first-order valence-electron chi connectivity index (χ1n) is 37.0. The third-order valence-electron chi connectivity index (χ3n) is 20.5. The van der Waals surface area contributed by atoms with Crippen LogP contribution in [0.15, 0.2) is 102 Å². The lowest BCUT2D eigenvalue weighted by Crippen LogP contribution is -2.53. The summed E-state index contributed by atoms with van der Waals surface area (Å²) >= 11 is 1.46. The number of benzene rings is 3. The molecule has 3 aromatic carbocycles. The molecule has 20 heteroatoms. The number of carbonyl (C=O) groups is 3. The van der Waals surface area contributed by atoms with Crippen molar-refractivity contribution in [2.75, 3.05) is 93.2 Å². The number of oxazole rings is 1. The van der Waals surface area contributed by atoms with Crippen LogP contribution in [0.25, 0.3) is 32.7 Å². The van der Waals surface area contributed by atoms with Crippen molar-refractivity contribution in [3.63, 3.8) is 0 Å². The van der Waals surface area contributed by atoms with Crippen molar-refractivity contribution in [2.45, 2.75) is 196 Å². The highest BCUT2D eigenvalue weighted by molar-refractivity contribution is 7.17. The zero-order chi connectivity index (χ0) is 70.3. The Balaban J connectivity index is 0.000000161. The van der Waals surface area contributed by atoms with Crippen LogP contribution in [-0.2, 0) is 19.3 Å². The number of carbonyl (C=O) groups excluding carboxylic acids is 3. The number of hydrogen-bond acceptors (Lipinski definition) is 16. The standard InChI is InChI=1S/C27H38N4O2.C26H38N6O.C26H37N5OS/c1-5-6-9-20(16-21-18-28-23-11-8-7-10-22(21)23)17-24(32)25-19-29-26(33-25)30-12-14-31(15-13-30)27(2,3)4;1-5-6-9-19(16-20-18-27-22-11-8-7-10-21(20)22)17-23(33)24-28-25(30-29-24)31-12-14-32(15-13-31)26(2,3)4;1-5-6-9-19(16-20-18-27-22-11-8-7-10-21(20)22)17-23(32)24-28-29-25(33-24)30-12-14-31(15-13-30)26(2,3)4/h7-8,10-11,18-20,28H,5-6,9,12-17H2,1-4H3;7-8,10-11,18-19,27H,5-6,9,12-17H2,1-4H3,(H,28,29,30);7-8,10-11,18-19,27H,5-6,9,12-17H2,1-4H3. The Morgan fingerprint density at radius 3 is 1.31 bits per heavy atom. The molecule has 0 spiro atoms. The van der Waals surface area contributed by atoms with Crippen molar-refractivity contribution < 1.29 is 18.8 Å². The summed E-state index contributed by atoms with van der Waals surface area (Å²) in [5.41, 5.74) is 7.87. The van der Waals surface area contributed by atoms with Crippen LogP contribution >= 0.6 is 11.3 Å². The lowest BCUT2D eigenvalue weighted by Gasteiger charge is -2.42. The van der Waals surface area contributed by atoms with Gasteiger partial charge in [0.1, 0.15) is 0 Å². The van der Waals surface area contributed by atoms with Gasteiger partial charge in [-0.05, 0) is 153 Å². The molecule has 0 saturated carbocycles. The van der Waals surface area contributed by atoms with E-state index in [4.69, 9.17) is 4.42 Å². The Labute approximate surface area is 592 Å². The van der Waals surface area contributed by atoms with Gasteiger partial charge in [-0.15, -0.1) is 15.3 Å². The largest absolute Gasteiger partial charge is 0.420 e. The van der Waals surface area contributed by atoms with Crippen LogP contribution in [0, 0.1) is 17.8 Å². The van der Waals surface area contributed by atoms with Crippen molar-refractivity contribution in [3.05, 3.63) is 131 Å². The van der Waals surface area contributed by atoms with Crippen LogP contribution in [0.1, 0.15) is 208 Å². The quantitative estimate of drug-likeness (QED) is 0.0353. The molecule has 0 bridgehead atoms. The number of nitrogens with one attached hydrogen (secondary N) is 4. The molecule has 4 N–H and O–H groups in total. The molecular weight excluding hydrogens is 1260 g/mol. The fourth-order valence-corrected chi connectivity index (χ4v) is 15.3. The summed E-state index contributed by atoms with van der Waals surface area (Å²) < 4.78 is 5.96. The van der Waals surface area contributed by atoms with Gasteiger partial charge < -0.3 is 34.1 Å². The molecule has 534 valence electrons. The first kappa shape index (κ1) is 74.2. The second-order valence-corrected chi connectivity index (χ2v) is 31.9. The number of H-pyrrole nitrogens is 4. The highest BCUT2D eigenvalue weighted by atomic mass is 32.1. The summed E-state index contributed by atoms with van der Waals surface area (Å²) in [4.78, 5) is 72.6. The van der Waals surface area contributed by atoms with E-state index in [1.807, 2.05) is 12.1 Å². The number of aromatic amines is 4. The molecule has 3 fully saturated rings. The Morgan fingerprint density at radius 2 is 0.889 bits per heavy atom. The average Bonchev–Trinajstić information content (AvgIpc) is 1.66. The smallest absolute Gasteiger partial charge is 0.297 e. The molecule has 19 nitrogen and oxygen atoms in total. The average molecular weight is 1370 g/mol. The van der Waals surface area contributed by atoms with E-state index in [0.717, 1.165) is 177 Å². The normalized spacial score (nSPS) is 16.4. The number of ketones is 3. The molecule has 3 saturated heterocycles. The minimum Gasteiger partial charge on any atom is -0.420 e. The molecule has 12 rings (SSSR count). The number of nitrogens with zero attached hydrogens (tertiary/aromatic N) is 11. The maximum absolute atomic E-state index is 13.2. The van der Waals surface area contributed by atoms with Gasteiger partial charge >= 0.3 is 0 Å². The predicted octanol–water partition coefficient (Wildman–Crippen LogP) is 16.1. The molecule has 9 heterocycles. The second kappa shape index (κ2) is 34.2. The summed E-state index contributed by atoms with van der Waals surface area (Å²) in [5.74, 6) is 2.58. The third-order valence-corrected chi connectivity index (χ3v) is 21.6. The highest BCUT2D eigenvalue weighted by Gasteiger charge is 2.32. The van der Waals surface area contributed by atoms with Gasteiger partial charge in [0.15, 0.2) is 33.9 Å². The number of para-hydroxylation sites is 3. The van der Waals surface area contributed by atoms with E-state index >= 15 is 0 Å². The third kappa shape index (κ3) is 20.2. The van der Waals surface area contributed by atoms with E-state index in [9.17, 15) is 14.4 Å². The van der Waals surface area contributed by atoms with Gasteiger partial charge in [0.2, 0.25) is 11.1 Å². The van der Waals surface area contributed by atoms with Crippen LogP contribution in [-0.4, -0.2) is 173 Å². The van der Waals surface area contributed by atoms with Crippen molar-refractivity contribution >= 4 is 78.5 Å². The van der Waals surface area contributed by atoms with E-state index in [1.165, 1.54) is 44.2 Å². The molecule has 3 aliphatic heterocycles. The Hall–Kier alpha value is -7.52. The first-order valence-corrected chi connectivity index (χ1v) is 37.8. The molecule has 0 amide bonds. The number of Topliss-reactive ketones (excluding diaryl/α,β-unsaturated/α-hetero) is 3. The number of piperazine rings is 3. The predicted molar refractivity (Wildman–Crippen MR) is 405 cm³/mol. The molecule has 0 radical (unpaired) electrons. The first-order chi connectivity index (χ1) is 47.5. The van der Waals surface area contributed by atoms with Crippen LogP contribution < -0.4 is 14.7 Å². The van der Waals surface area contributed by atoms with E-state index in [-0.39, 0.29) is 34.0 Å². The van der Waals surface area contributed by atoms with Crippen molar-refractivity contribution in [1.82, 2.24) is 60.0 Å². The van der Waals surface area contributed by atoms with E-state index < -0.39 is 0 Å². The monoisotopic (exact) mass is 1370 g/mol. The summed E-state index contributed by atoms with van der Waals surface area (Å²) in [5, 5.41) is 21.2. The molecular formula is C79H113N15O4S. The Kier molecular flexibility index (Phi) is 25.6. The SMILES string of the molecule is CCCCC(CC(=O)c1cnc(N2CCN(C(C)(C)C)CC2)o1)Cc1c[nH]c2ccccc12.CCCCC(CC(=O)c1nc(N2CCN(C(C)(C)C)CC2)n[nH]1)Cc1c[nH]c2ccccc12.CCCCC(CC(=O)c1nnc(N2CCN(C(C)(C)C)CC2)s1)Cc1c[nH]c2ccccc12. The maximum Gasteiger partial charge on any atom is 0.297 e. The van der Waals surface area contributed by atoms with E-state index in [1.54, 1.807) is 6.20 Å². The maximum atomic E-state index is 13.2. The summed E-state index contributed by atoms with van der Waals surface area (Å²) in [7, 11) is 0. The zero-order valence-electron chi connectivity index (χ0n) is 61.5. The van der Waals surface area contributed by atoms with E-state index in [2.05, 4.69) is 237 Å². The van der Waals surface area contributed by atoms with Crippen molar-refractivity contribution in [2.24, 2.45) is 17.8 Å². The number of anilines is 3.